The van der Waals surface area contributed by atoms with Crippen LogP contribution in [0.15, 0.2) is 24.3 Å². The Morgan fingerprint density at radius 1 is 1.21 bits per heavy atom. The molecule has 0 saturated carbocycles. The van der Waals surface area contributed by atoms with Gasteiger partial charge in [-0.25, -0.2) is 0 Å². The number of aromatic nitrogens is 1. The Bertz CT molecular complexity index is 578. The third kappa shape index (κ3) is 3.04. The lowest BCUT2D eigenvalue weighted by molar-refractivity contribution is 0.243. The minimum atomic E-state index is 0.183. The maximum absolute atomic E-state index is 5.74. The van der Waals surface area contributed by atoms with Crippen molar-refractivity contribution in [3.63, 3.8) is 0 Å². The van der Waals surface area contributed by atoms with Crippen LogP contribution in [-0.2, 0) is 0 Å². The molecule has 1 atom stereocenters. The fraction of sp³-hybridized carbons (Fsp3) is 0.438. The zero-order valence-electron chi connectivity index (χ0n) is 12.1. The molecule has 1 aromatic carbocycles. The van der Waals surface area contributed by atoms with Crippen LogP contribution in [0, 0.1) is 6.92 Å². The number of benzene rings is 1. The van der Waals surface area contributed by atoms with Gasteiger partial charge in [0, 0.05) is 23.5 Å². The third-order valence-electron chi connectivity index (χ3n) is 3.21. The van der Waals surface area contributed by atoms with Gasteiger partial charge in [-0.3, -0.25) is 4.98 Å². The molecule has 1 heterocycles. The van der Waals surface area contributed by atoms with E-state index in [-0.39, 0.29) is 12.0 Å². The lowest BCUT2D eigenvalue weighted by atomic mass is 10.0. The molecule has 0 spiro atoms. The first kappa shape index (κ1) is 13.8. The van der Waals surface area contributed by atoms with Gasteiger partial charge in [-0.1, -0.05) is 6.92 Å². The van der Waals surface area contributed by atoms with Crippen LogP contribution in [0.25, 0.3) is 10.9 Å². The number of fused-ring (bicyclic) bond motifs is 1. The third-order valence-corrected chi connectivity index (χ3v) is 3.21. The maximum Gasteiger partial charge on any atom is 0.120 e. The zero-order chi connectivity index (χ0) is 14.0. The van der Waals surface area contributed by atoms with Gasteiger partial charge >= 0.3 is 0 Å². The molecule has 0 aliphatic rings. The number of nitrogens with zero attached hydrogens (tertiary/aromatic N) is 1. The largest absolute Gasteiger partial charge is 0.491 e. The first-order chi connectivity index (χ1) is 9.01. The Morgan fingerprint density at radius 3 is 2.58 bits per heavy atom. The lowest BCUT2D eigenvalue weighted by Crippen LogP contribution is -2.12. The van der Waals surface area contributed by atoms with Crippen molar-refractivity contribution in [2.24, 2.45) is 5.73 Å². The summed E-state index contributed by atoms with van der Waals surface area (Å²) in [5, 5.41) is 1.11. The molecule has 2 aromatic rings. The van der Waals surface area contributed by atoms with Gasteiger partial charge in [0.2, 0.25) is 0 Å². The predicted octanol–water partition coefficient (Wildman–Crippen LogP) is 3.39. The first-order valence-electron chi connectivity index (χ1n) is 6.79. The summed E-state index contributed by atoms with van der Waals surface area (Å²) in [5.41, 5.74) is 9.01. The summed E-state index contributed by atoms with van der Waals surface area (Å²) < 4.78 is 5.71. The van der Waals surface area contributed by atoms with Gasteiger partial charge in [-0.05, 0) is 50.6 Å². The molecule has 3 heteroatoms. The number of hydrogen-bond acceptors (Lipinski definition) is 3. The molecule has 2 rings (SSSR count). The van der Waals surface area contributed by atoms with Gasteiger partial charge < -0.3 is 10.5 Å². The zero-order valence-corrected chi connectivity index (χ0v) is 12.1. The van der Waals surface area contributed by atoms with Crippen LogP contribution in [0.5, 0.6) is 5.75 Å². The Hall–Kier alpha value is -1.61. The molecule has 0 aliphatic heterocycles. The quantitative estimate of drug-likeness (QED) is 0.914. The molecule has 19 heavy (non-hydrogen) atoms. The molecule has 1 unspecified atom stereocenters. The minimum absolute atomic E-state index is 0.183. The number of pyridine rings is 1. The molecule has 0 bridgehead atoms. The van der Waals surface area contributed by atoms with E-state index in [1.165, 1.54) is 5.56 Å². The normalized spacial score (nSPS) is 12.9. The van der Waals surface area contributed by atoms with Gasteiger partial charge in [-0.2, -0.15) is 0 Å². The van der Waals surface area contributed by atoms with E-state index >= 15 is 0 Å². The monoisotopic (exact) mass is 258 g/mol. The summed E-state index contributed by atoms with van der Waals surface area (Å²) in [6.45, 7) is 8.87. The maximum atomic E-state index is 5.74. The smallest absolute Gasteiger partial charge is 0.120 e. The van der Waals surface area contributed by atoms with Crippen molar-refractivity contribution >= 4 is 10.9 Å². The topological polar surface area (TPSA) is 48.1 Å². The van der Waals surface area contributed by atoms with Crippen molar-refractivity contribution in [3.8, 4) is 5.75 Å². The molecule has 0 amide bonds. The van der Waals surface area contributed by atoms with Gasteiger partial charge in [-0.15, -0.1) is 0 Å². The summed E-state index contributed by atoms with van der Waals surface area (Å²) in [5.74, 6) is 1.18. The average molecular weight is 258 g/mol. The SMILES string of the molecule is Cc1cc2cc(OC(C)C)ccc2nc1C(C)CN. The summed E-state index contributed by atoms with van der Waals surface area (Å²) >= 11 is 0. The number of aryl methyl sites for hydroxylation is 1. The Kier molecular flexibility index (Phi) is 4.05. The van der Waals surface area contributed by atoms with Gasteiger partial charge in [0.1, 0.15) is 5.75 Å². The van der Waals surface area contributed by atoms with Crippen molar-refractivity contribution in [1.29, 1.82) is 0 Å². The highest BCUT2D eigenvalue weighted by Crippen LogP contribution is 2.25. The molecular formula is C16H22N2O. The van der Waals surface area contributed by atoms with Gasteiger partial charge in [0.25, 0.3) is 0 Å². The molecule has 0 saturated heterocycles. The first-order valence-corrected chi connectivity index (χ1v) is 6.79. The van der Waals surface area contributed by atoms with E-state index in [9.17, 15) is 0 Å². The number of hydrogen-bond donors (Lipinski definition) is 1. The van der Waals surface area contributed by atoms with E-state index in [0.29, 0.717) is 6.54 Å². The Morgan fingerprint density at radius 2 is 1.95 bits per heavy atom. The van der Waals surface area contributed by atoms with Crippen molar-refractivity contribution in [3.05, 3.63) is 35.5 Å². The van der Waals surface area contributed by atoms with Crippen molar-refractivity contribution in [2.45, 2.75) is 39.7 Å². The highest BCUT2D eigenvalue weighted by atomic mass is 16.5. The van der Waals surface area contributed by atoms with Crippen molar-refractivity contribution in [2.75, 3.05) is 6.54 Å². The second kappa shape index (κ2) is 5.57. The van der Waals surface area contributed by atoms with Crippen molar-refractivity contribution in [1.82, 2.24) is 4.98 Å². The fourth-order valence-electron chi connectivity index (χ4n) is 2.23. The van der Waals surface area contributed by atoms with Gasteiger partial charge in [0.15, 0.2) is 0 Å². The van der Waals surface area contributed by atoms with E-state index in [2.05, 4.69) is 19.9 Å². The second-order valence-corrected chi connectivity index (χ2v) is 5.35. The highest BCUT2D eigenvalue weighted by Gasteiger charge is 2.10. The molecular weight excluding hydrogens is 236 g/mol. The van der Waals surface area contributed by atoms with Crippen LogP contribution >= 0.6 is 0 Å². The molecule has 0 radical (unpaired) electrons. The predicted molar refractivity (Wildman–Crippen MR) is 79.7 cm³/mol. The molecule has 2 N–H and O–H groups in total. The summed E-state index contributed by atoms with van der Waals surface area (Å²) in [6, 6.07) is 8.20. The number of nitrogens with two attached hydrogens (primary N) is 1. The minimum Gasteiger partial charge on any atom is -0.491 e. The fourth-order valence-corrected chi connectivity index (χ4v) is 2.23. The lowest BCUT2D eigenvalue weighted by Gasteiger charge is -2.14. The molecule has 0 fully saturated rings. The molecule has 102 valence electrons. The number of rotatable bonds is 4. The van der Waals surface area contributed by atoms with E-state index in [0.717, 1.165) is 22.3 Å². The van der Waals surface area contributed by atoms with Crippen molar-refractivity contribution < 1.29 is 4.74 Å². The number of ether oxygens (including phenoxy) is 1. The van der Waals surface area contributed by atoms with E-state index in [1.54, 1.807) is 0 Å². The average Bonchev–Trinajstić information content (AvgIpc) is 2.36. The van der Waals surface area contributed by atoms with E-state index in [4.69, 9.17) is 15.5 Å². The summed E-state index contributed by atoms with van der Waals surface area (Å²) in [6.07, 6.45) is 0.183. The highest BCUT2D eigenvalue weighted by molar-refractivity contribution is 5.81. The Labute approximate surface area is 114 Å². The van der Waals surface area contributed by atoms with Crippen LogP contribution in [-0.4, -0.2) is 17.6 Å². The molecule has 3 nitrogen and oxygen atoms in total. The van der Waals surface area contributed by atoms with Crippen LogP contribution in [0.4, 0.5) is 0 Å². The van der Waals surface area contributed by atoms with Crippen LogP contribution < -0.4 is 10.5 Å². The second-order valence-electron chi connectivity index (χ2n) is 5.35. The van der Waals surface area contributed by atoms with Gasteiger partial charge in [0.05, 0.1) is 11.6 Å². The molecule has 1 aromatic heterocycles. The van der Waals surface area contributed by atoms with E-state index in [1.807, 2.05) is 32.0 Å². The van der Waals surface area contributed by atoms with E-state index < -0.39 is 0 Å². The van der Waals surface area contributed by atoms with Crippen LogP contribution in [0.3, 0.4) is 0 Å². The van der Waals surface area contributed by atoms with Crippen LogP contribution in [0.2, 0.25) is 0 Å². The molecule has 0 aliphatic carbocycles. The summed E-state index contributed by atoms with van der Waals surface area (Å²) in [4.78, 5) is 4.73. The van der Waals surface area contributed by atoms with Crippen LogP contribution in [0.1, 0.15) is 37.9 Å². The standard InChI is InChI=1S/C16H22N2O/c1-10(2)19-14-5-6-15-13(8-14)7-11(3)16(18-15)12(4)9-17/h5-8,10,12H,9,17H2,1-4H3. The summed E-state index contributed by atoms with van der Waals surface area (Å²) in [7, 11) is 0. The Balaban J connectivity index is 2.46.